The smallest absolute Gasteiger partial charge is 0.387 e. The van der Waals surface area contributed by atoms with Crippen molar-refractivity contribution in [2.45, 2.75) is 33.5 Å². The van der Waals surface area contributed by atoms with Gasteiger partial charge in [0.2, 0.25) is 0 Å². The average molecular weight is 391 g/mol. The third-order valence-corrected chi connectivity index (χ3v) is 3.87. The number of nitrogens with one attached hydrogen (secondary N) is 2. The van der Waals surface area contributed by atoms with Crippen molar-refractivity contribution in [3.05, 3.63) is 53.2 Å². The Hall–Kier alpha value is -2.90. The second kappa shape index (κ2) is 10.4. The third kappa shape index (κ3) is 6.68. The predicted octanol–water partition coefficient (Wildman–Crippen LogP) is 3.31. The SMILES string of the molecule is CCNC(=NCc1cc(C)ccc1OC(F)F)NCc1cccc(N(C)C)n1. The molecule has 0 aliphatic heterocycles. The summed E-state index contributed by atoms with van der Waals surface area (Å²) in [5.74, 6) is 1.58. The molecule has 152 valence electrons. The zero-order valence-corrected chi connectivity index (χ0v) is 16.7. The molecule has 2 rings (SSSR count). The molecule has 6 nitrogen and oxygen atoms in total. The third-order valence-electron chi connectivity index (χ3n) is 3.87. The Morgan fingerprint density at radius 2 is 2.00 bits per heavy atom. The quantitative estimate of drug-likeness (QED) is 0.534. The molecule has 0 amide bonds. The van der Waals surface area contributed by atoms with E-state index in [1.54, 1.807) is 18.2 Å². The molecule has 28 heavy (non-hydrogen) atoms. The van der Waals surface area contributed by atoms with E-state index in [-0.39, 0.29) is 12.3 Å². The van der Waals surface area contributed by atoms with E-state index in [1.165, 1.54) is 0 Å². The van der Waals surface area contributed by atoms with Crippen molar-refractivity contribution >= 4 is 11.8 Å². The van der Waals surface area contributed by atoms with E-state index in [1.807, 2.05) is 51.0 Å². The van der Waals surface area contributed by atoms with Crippen LogP contribution in [0.25, 0.3) is 0 Å². The molecule has 0 bridgehead atoms. The maximum Gasteiger partial charge on any atom is 0.387 e. The Morgan fingerprint density at radius 1 is 1.21 bits per heavy atom. The van der Waals surface area contributed by atoms with Crippen molar-refractivity contribution in [2.24, 2.45) is 4.99 Å². The van der Waals surface area contributed by atoms with Crippen molar-refractivity contribution in [3.8, 4) is 5.75 Å². The zero-order chi connectivity index (χ0) is 20.5. The van der Waals surface area contributed by atoms with E-state index in [9.17, 15) is 8.78 Å². The lowest BCUT2D eigenvalue weighted by Gasteiger charge is -2.15. The highest BCUT2D eigenvalue weighted by Gasteiger charge is 2.10. The summed E-state index contributed by atoms with van der Waals surface area (Å²) >= 11 is 0. The van der Waals surface area contributed by atoms with Crippen LogP contribution in [0, 0.1) is 6.92 Å². The summed E-state index contributed by atoms with van der Waals surface area (Å²) in [6.07, 6.45) is 0. The van der Waals surface area contributed by atoms with Crippen LogP contribution in [0.3, 0.4) is 0 Å². The molecule has 1 aromatic carbocycles. The monoisotopic (exact) mass is 391 g/mol. The molecule has 0 atom stereocenters. The van der Waals surface area contributed by atoms with Gasteiger partial charge in [-0.1, -0.05) is 23.8 Å². The van der Waals surface area contributed by atoms with Crippen LogP contribution < -0.4 is 20.3 Å². The molecule has 0 radical (unpaired) electrons. The number of ether oxygens (including phenoxy) is 1. The Kier molecular flexibility index (Phi) is 7.98. The molecule has 0 unspecified atom stereocenters. The maximum absolute atomic E-state index is 12.6. The van der Waals surface area contributed by atoms with Crippen LogP contribution >= 0.6 is 0 Å². The lowest BCUT2D eigenvalue weighted by molar-refractivity contribution is -0.0504. The summed E-state index contributed by atoms with van der Waals surface area (Å²) in [6.45, 7) is 2.36. The minimum absolute atomic E-state index is 0.139. The van der Waals surface area contributed by atoms with Crippen molar-refractivity contribution in [3.63, 3.8) is 0 Å². The maximum atomic E-state index is 12.6. The van der Waals surface area contributed by atoms with Gasteiger partial charge in [-0.05, 0) is 32.0 Å². The topological polar surface area (TPSA) is 61.8 Å². The first-order chi connectivity index (χ1) is 13.4. The van der Waals surface area contributed by atoms with E-state index >= 15 is 0 Å². The molecule has 2 aromatic rings. The van der Waals surface area contributed by atoms with Crippen LogP contribution in [0.15, 0.2) is 41.4 Å². The van der Waals surface area contributed by atoms with Gasteiger partial charge in [-0.15, -0.1) is 0 Å². The molecular formula is C20H27F2N5O. The van der Waals surface area contributed by atoms with E-state index in [4.69, 9.17) is 0 Å². The van der Waals surface area contributed by atoms with E-state index in [0.717, 1.165) is 17.1 Å². The molecule has 0 saturated carbocycles. The molecule has 0 spiro atoms. The zero-order valence-electron chi connectivity index (χ0n) is 16.7. The summed E-state index contributed by atoms with van der Waals surface area (Å²) < 4.78 is 29.9. The molecule has 8 heteroatoms. The van der Waals surface area contributed by atoms with E-state index in [0.29, 0.717) is 24.6 Å². The van der Waals surface area contributed by atoms with Crippen LogP contribution in [0.1, 0.15) is 23.7 Å². The highest BCUT2D eigenvalue weighted by molar-refractivity contribution is 5.79. The number of rotatable bonds is 8. The molecule has 1 aromatic heterocycles. The number of aromatic nitrogens is 1. The first-order valence-electron chi connectivity index (χ1n) is 9.08. The number of hydrogen-bond acceptors (Lipinski definition) is 4. The van der Waals surface area contributed by atoms with Crippen molar-refractivity contribution < 1.29 is 13.5 Å². The molecule has 0 aliphatic rings. The van der Waals surface area contributed by atoms with Gasteiger partial charge in [0, 0.05) is 26.2 Å². The van der Waals surface area contributed by atoms with Crippen LogP contribution in [-0.2, 0) is 13.1 Å². The summed E-state index contributed by atoms with van der Waals surface area (Å²) in [5, 5.41) is 6.36. The number of nitrogens with zero attached hydrogens (tertiary/aromatic N) is 3. The Labute approximate surface area is 164 Å². The Balaban J connectivity index is 2.10. The number of aliphatic imine (C=N–C) groups is 1. The van der Waals surface area contributed by atoms with Crippen LogP contribution in [0.4, 0.5) is 14.6 Å². The molecule has 1 heterocycles. The number of guanidine groups is 1. The first kappa shape index (κ1) is 21.4. The van der Waals surface area contributed by atoms with Gasteiger partial charge in [0.1, 0.15) is 11.6 Å². The fourth-order valence-corrected chi connectivity index (χ4v) is 2.54. The number of aryl methyl sites for hydroxylation is 1. The predicted molar refractivity (Wildman–Crippen MR) is 108 cm³/mol. The summed E-state index contributed by atoms with van der Waals surface area (Å²) in [5.41, 5.74) is 2.42. The standard InChI is InChI=1S/C20H27F2N5O/c1-5-23-20(25-13-16-7-6-8-18(26-16)27(3)4)24-12-15-11-14(2)9-10-17(15)28-19(21)22/h6-11,19H,5,12-13H2,1-4H3,(H2,23,24,25). The normalized spacial score (nSPS) is 11.5. The highest BCUT2D eigenvalue weighted by Crippen LogP contribution is 2.22. The van der Waals surface area contributed by atoms with Crippen LogP contribution in [-0.4, -0.2) is 38.2 Å². The van der Waals surface area contributed by atoms with Crippen molar-refractivity contribution in [1.29, 1.82) is 0 Å². The fraction of sp³-hybridized carbons (Fsp3) is 0.400. The first-order valence-corrected chi connectivity index (χ1v) is 9.08. The minimum atomic E-state index is -2.87. The lowest BCUT2D eigenvalue weighted by Crippen LogP contribution is -2.37. The average Bonchev–Trinajstić information content (AvgIpc) is 2.65. The number of halogens is 2. The van der Waals surface area contributed by atoms with Gasteiger partial charge >= 0.3 is 6.61 Å². The van der Waals surface area contributed by atoms with E-state index < -0.39 is 6.61 Å². The summed E-state index contributed by atoms with van der Waals surface area (Å²) in [7, 11) is 3.87. The largest absolute Gasteiger partial charge is 0.434 e. The number of benzene rings is 1. The Bertz CT molecular complexity index is 796. The second-order valence-electron chi connectivity index (χ2n) is 6.42. The Morgan fingerprint density at radius 3 is 2.68 bits per heavy atom. The lowest BCUT2D eigenvalue weighted by atomic mass is 10.1. The van der Waals surface area contributed by atoms with Gasteiger partial charge in [-0.2, -0.15) is 8.78 Å². The van der Waals surface area contributed by atoms with Gasteiger partial charge in [-0.25, -0.2) is 9.98 Å². The van der Waals surface area contributed by atoms with Gasteiger partial charge < -0.3 is 20.3 Å². The number of anilines is 1. The molecule has 2 N–H and O–H groups in total. The van der Waals surface area contributed by atoms with Gasteiger partial charge in [0.25, 0.3) is 0 Å². The number of pyridine rings is 1. The number of hydrogen-bond donors (Lipinski definition) is 2. The van der Waals surface area contributed by atoms with Gasteiger partial charge in [0.15, 0.2) is 5.96 Å². The van der Waals surface area contributed by atoms with Crippen LogP contribution in [0.5, 0.6) is 5.75 Å². The molecule has 0 saturated heterocycles. The van der Waals surface area contributed by atoms with Gasteiger partial charge in [-0.3, -0.25) is 0 Å². The van der Waals surface area contributed by atoms with Crippen LogP contribution in [0.2, 0.25) is 0 Å². The molecule has 0 aliphatic carbocycles. The summed E-state index contributed by atoms with van der Waals surface area (Å²) in [6, 6.07) is 10.9. The fourth-order valence-electron chi connectivity index (χ4n) is 2.54. The second-order valence-corrected chi connectivity index (χ2v) is 6.42. The van der Waals surface area contributed by atoms with E-state index in [2.05, 4.69) is 25.3 Å². The van der Waals surface area contributed by atoms with Crippen molar-refractivity contribution in [1.82, 2.24) is 15.6 Å². The molecule has 0 fully saturated rings. The summed E-state index contributed by atoms with van der Waals surface area (Å²) in [4.78, 5) is 11.0. The minimum Gasteiger partial charge on any atom is -0.434 e. The van der Waals surface area contributed by atoms with Gasteiger partial charge in [0.05, 0.1) is 18.8 Å². The molecular weight excluding hydrogens is 364 g/mol. The number of alkyl halides is 2. The highest BCUT2D eigenvalue weighted by atomic mass is 19.3. The van der Waals surface area contributed by atoms with Crippen molar-refractivity contribution in [2.75, 3.05) is 25.5 Å².